The van der Waals surface area contributed by atoms with Crippen molar-refractivity contribution in [2.45, 2.75) is 0 Å². The third-order valence-electron chi connectivity index (χ3n) is 4.65. The molecule has 5 rings (SSSR count). The summed E-state index contributed by atoms with van der Waals surface area (Å²) in [7, 11) is -9.46. The van der Waals surface area contributed by atoms with Gasteiger partial charge in [-0.1, -0.05) is 24.3 Å². The van der Waals surface area contributed by atoms with E-state index in [1.54, 1.807) is 36.4 Å². The van der Waals surface area contributed by atoms with E-state index in [1.807, 2.05) is 0 Å². The number of benzene rings is 3. The highest BCUT2D eigenvalue weighted by molar-refractivity contribution is 7.88. The molecule has 3 aromatic rings. The van der Waals surface area contributed by atoms with E-state index < -0.39 is 20.6 Å². The number of fused-ring (bicyclic) bond motifs is 4. The predicted octanol–water partition coefficient (Wildman–Crippen LogP) is 2.10. The minimum atomic E-state index is -4.73. The summed E-state index contributed by atoms with van der Waals surface area (Å²) >= 11 is 0. The summed E-state index contributed by atoms with van der Waals surface area (Å²) in [4.78, 5) is 8.78. The van der Waals surface area contributed by atoms with Crippen molar-refractivity contribution >= 4 is 54.7 Å². The normalized spacial score (nSPS) is 14.6. The molecule has 0 fully saturated rings. The van der Waals surface area contributed by atoms with Gasteiger partial charge >= 0.3 is 20.6 Å². The van der Waals surface area contributed by atoms with Crippen LogP contribution in [0, 0.1) is 0 Å². The smallest absolute Gasteiger partial charge is 0.269 e. The van der Waals surface area contributed by atoms with E-state index in [0.29, 0.717) is 8.61 Å². The first-order valence-corrected chi connectivity index (χ1v) is 11.3. The summed E-state index contributed by atoms with van der Waals surface area (Å²) in [5.74, 6) is 0. The molecular weight excluding hydrogens is 432 g/mol. The van der Waals surface area contributed by atoms with Gasteiger partial charge in [-0.3, -0.25) is 9.11 Å². The van der Waals surface area contributed by atoms with Crippen LogP contribution in [0.15, 0.2) is 70.6 Å². The Morgan fingerprint density at radius 3 is 1.33 bits per heavy atom. The number of para-hydroxylation sites is 4. The van der Waals surface area contributed by atoms with Gasteiger partial charge in [0.05, 0.1) is 44.8 Å². The summed E-state index contributed by atoms with van der Waals surface area (Å²) in [6.45, 7) is 0. The Hall–Kier alpha value is -3.32. The minimum absolute atomic E-state index is 0.00614. The van der Waals surface area contributed by atoms with Gasteiger partial charge in [-0.15, -0.1) is 0 Å². The molecule has 30 heavy (non-hydrogen) atoms. The quantitative estimate of drug-likeness (QED) is 0.580. The van der Waals surface area contributed by atoms with Crippen LogP contribution in [0.3, 0.4) is 0 Å². The van der Waals surface area contributed by atoms with Gasteiger partial charge in [0.25, 0.3) is 0 Å². The van der Waals surface area contributed by atoms with Crippen molar-refractivity contribution in [3.63, 3.8) is 0 Å². The zero-order chi connectivity index (χ0) is 21.3. The lowest BCUT2D eigenvalue weighted by atomic mass is 10.1. The monoisotopic (exact) mass is 444 g/mol. The fourth-order valence-corrected chi connectivity index (χ4v) is 5.13. The summed E-state index contributed by atoms with van der Waals surface area (Å²) < 4.78 is 69.8. The molecule has 0 aliphatic carbocycles. The van der Waals surface area contributed by atoms with Crippen molar-refractivity contribution < 1.29 is 25.9 Å². The Balaban J connectivity index is 1.91. The number of hydrogen-bond acceptors (Lipinski definition) is 6. The highest BCUT2D eigenvalue weighted by atomic mass is 32.2. The lowest BCUT2D eigenvalue weighted by Gasteiger charge is -2.29. The van der Waals surface area contributed by atoms with Crippen LogP contribution in [-0.2, 0) is 20.6 Å². The van der Waals surface area contributed by atoms with Gasteiger partial charge in [-0.05, 0) is 36.4 Å². The first-order chi connectivity index (χ1) is 14.1. The SMILES string of the molecule is O=S(=O)(O)N1c2ccccc2N=c2cc3c(cc21)=Nc1ccccc1N3S(=O)(=O)O. The van der Waals surface area contributed by atoms with Gasteiger partial charge in [0.2, 0.25) is 0 Å². The molecule has 3 aromatic carbocycles. The van der Waals surface area contributed by atoms with Gasteiger partial charge < -0.3 is 0 Å². The standard InChI is InChI=1S/C18H12N4O6S2/c23-29(24,25)21-15-7-3-1-5-11(15)19-13-9-18-14(10-17(13)21)20-12-6-2-4-8-16(12)22(18)30(26,27)28/h1-10H,(H,23,24,25)(H,26,27,28). The molecule has 0 spiro atoms. The van der Waals surface area contributed by atoms with Crippen LogP contribution in [0.4, 0.5) is 34.1 Å². The van der Waals surface area contributed by atoms with Crippen LogP contribution in [0.25, 0.3) is 0 Å². The van der Waals surface area contributed by atoms with Gasteiger partial charge in [0.1, 0.15) is 0 Å². The average molecular weight is 444 g/mol. The van der Waals surface area contributed by atoms with Crippen molar-refractivity contribution in [3.05, 3.63) is 71.4 Å². The fraction of sp³-hybridized carbons (Fsp3) is 0. The molecule has 0 amide bonds. The van der Waals surface area contributed by atoms with Crippen LogP contribution in [-0.4, -0.2) is 25.9 Å². The van der Waals surface area contributed by atoms with Crippen molar-refractivity contribution in [3.8, 4) is 0 Å². The average Bonchev–Trinajstić information content (AvgIpc) is 2.66. The first-order valence-electron chi connectivity index (χ1n) is 8.50. The highest BCUT2D eigenvalue weighted by Gasteiger charge is 2.33. The van der Waals surface area contributed by atoms with Gasteiger partial charge in [-0.2, -0.15) is 16.8 Å². The highest BCUT2D eigenvalue weighted by Crippen LogP contribution is 2.40. The fourth-order valence-electron chi connectivity index (χ4n) is 3.54. The second-order valence-corrected chi connectivity index (χ2v) is 9.04. The Labute approximate surface area is 170 Å². The number of hydrogen-bond donors (Lipinski definition) is 2. The Morgan fingerprint density at radius 2 is 0.967 bits per heavy atom. The first kappa shape index (κ1) is 18.7. The van der Waals surface area contributed by atoms with Crippen molar-refractivity contribution in [2.75, 3.05) is 8.61 Å². The number of nitrogens with zero attached hydrogens (tertiary/aromatic N) is 4. The molecule has 0 atom stereocenters. The zero-order valence-corrected chi connectivity index (χ0v) is 16.5. The molecule has 0 saturated carbocycles. The third kappa shape index (κ3) is 2.77. The van der Waals surface area contributed by atoms with E-state index in [4.69, 9.17) is 0 Å². The van der Waals surface area contributed by atoms with Crippen LogP contribution in [0.5, 0.6) is 0 Å². The number of rotatable bonds is 2. The van der Waals surface area contributed by atoms with Crippen molar-refractivity contribution in [1.82, 2.24) is 0 Å². The maximum absolute atomic E-state index is 12.2. The third-order valence-corrected chi connectivity index (χ3v) is 6.36. The molecule has 2 aliphatic heterocycles. The lowest BCUT2D eigenvalue weighted by molar-refractivity contribution is 0.480. The topological polar surface area (TPSA) is 140 Å². The van der Waals surface area contributed by atoms with E-state index in [0.717, 1.165) is 0 Å². The molecule has 0 saturated heterocycles. The van der Waals surface area contributed by atoms with Crippen molar-refractivity contribution in [1.29, 1.82) is 0 Å². The van der Waals surface area contributed by atoms with Gasteiger partial charge in [0, 0.05) is 0 Å². The molecule has 10 nitrogen and oxygen atoms in total. The lowest BCUT2D eigenvalue weighted by Crippen LogP contribution is -2.37. The number of anilines is 4. The Bertz CT molecular complexity index is 1450. The maximum atomic E-state index is 12.2. The van der Waals surface area contributed by atoms with Crippen LogP contribution >= 0.6 is 0 Å². The summed E-state index contributed by atoms with van der Waals surface area (Å²) in [6, 6.07) is 15.1. The summed E-state index contributed by atoms with van der Waals surface area (Å²) in [6.07, 6.45) is 0. The Morgan fingerprint density at radius 1 is 0.600 bits per heavy atom. The second kappa shape index (κ2) is 6.09. The molecule has 2 heterocycles. The summed E-state index contributed by atoms with van der Waals surface area (Å²) in [5, 5.41) is 0.154. The molecule has 152 valence electrons. The zero-order valence-electron chi connectivity index (χ0n) is 14.9. The predicted molar refractivity (Wildman–Crippen MR) is 108 cm³/mol. The maximum Gasteiger partial charge on any atom is 0.364 e. The second-order valence-electron chi connectivity index (χ2n) is 6.52. The minimum Gasteiger partial charge on any atom is -0.269 e. The van der Waals surface area contributed by atoms with E-state index in [-0.39, 0.29) is 44.8 Å². The largest absolute Gasteiger partial charge is 0.364 e. The van der Waals surface area contributed by atoms with E-state index in [1.165, 1.54) is 24.3 Å². The molecule has 0 aromatic heterocycles. The van der Waals surface area contributed by atoms with Crippen LogP contribution < -0.4 is 19.3 Å². The van der Waals surface area contributed by atoms with Crippen LogP contribution in [0.2, 0.25) is 0 Å². The van der Waals surface area contributed by atoms with Gasteiger partial charge in [0.15, 0.2) is 0 Å². The van der Waals surface area contributed by atoms with E-state index in [2.05, 4.69) is 9.98 Å². The molecule has 0 bridgehead atoms. The molecule has 0 unspecified atom stereocenters. The van der Waals surface area contributed by atoms with Crippen LogP contribution in [0.1, 0.15) is 0 Å². The van der Waals surface area contributed by atoms with Gasteiger partial charge in [-0.25, -0.2) is 18.6 Å². The van der Waals surface area contributed by atoms with E-state index >= 15 is 0 Å². The Kier molecular flexibility index (Phi) is 3.79. The molecule has 0 radical (unpaired) electrons. The molecule has 2 N–H and O–H groups in total. The van der Waals surface area contributed by atoms with E-state index in [9.17, 15) is 25.9 Å². The molecule has 2 aliphatic rings. The summed E-state index contributed by atoms with van der Waals surface area (Å²) in [5.41, 5.74) is 0.774. The molecule has 12 heteroatoms. The van der Waals surface area contributed by atoms with Crippen molar-refractivity contribution in [2.24, 2.45) is 9.98 Å². The molecular formula is C18H12N4O6S2.